The van der Waals surface area contributed by atoms with Crippen molar-refractivity contribution in [2.24, 2.45) is 0 Å². The van der Waals surface area contributed by atoms with Crippen LogP contribution < -0.4 is 0 Å². The summed E-state index contributed by atoms with van der Waals surface area (Å²) in [5.41, 5.74) is 3.48. The van der Waals surface area contributed by atoms with Crippen LogP contribution >= 0.6 is 0 Å². The number of carbonyl (C=O) groups excluding carboxylic acids is 1. The van der Waals surface area contributed by atoms with Gasteiger partial charge in [-0.1, -0.05) is 30.3 Å². The quantitative estimate of drug-likeness (QED) is 0.785. The van der Waals surface area contributed by atoms with Crippen molar-refractivity contribution < 1.29 is 14.3 Å². The topological polar surface area (TPSA) is 35.5 Å². The molecule has 1 heterocycles. The first-order valence-electron chi connectivity index (χ1n) is 7.11. The van der Waals surface area contributed by atoms with Crippen molar-refractivity contribution in [1.29, 1.82) is 0 Å². The first-order valence-corrected chi connectivity index (χ1v) is 7.11. The minimum absolute atomic E-state index is 0.0419. The molecule has 1 atom stereocenters. The van der Waals surface area contributed by atoms with E-state index in [0.29, 0.717) is 19.8 Å². The molecule has 0 radical (unpaired) electrons. The molecule has 0 spiro atoms. The van der Waals surface area contributed by atoms with Crippen LogP contribution in [0.2, 0.25) is 0 Å². The van der Waals surface area contributed by atoms with Crippen LogP contribution in [0.25, 0.3) is 10.8 Å². The molecule has 3 nitrogen and oxygen atoms in total. The lowest BCUT2D eigenvalue weighted by Crippen LogP contribution is -2.35. The molecule has 1 aliphatic carbocycles. The van der Waals surface area contributed by atoms with Crippen LogP contribution in [0.3, 0.4) is 0 Å². The van der Waals surface area contributed by atoms with Gasteiger partial charge < -0.3 is 9.47 Å². The maximum absolute atomic E-state index is 12.7. The Morgan fingerprint density at radius 1 is 1.05 bits per heavy atom. The number of aryl methyl sites for hydroxylation is 2. The van der Waals surface area contributed by atoms with E-state index >= 15 is 0 Å². The maximum atomic E-state index is 12.7. The number of hydrogen-bond acceptors (Lipinski definition) is 3. The van der Waals surface area contributed by atoms with Gasteiger partial charge in [-0.15, -0.1) is 0 Å². The molecular weight excluding hydrogens is 252 g/mol. The fourth-order valence-electron chi connectivity index (χ4n) is 3.27. The third-order valence-corrected chi connectivity index (χ3v) is 4.25. The van der Waals surface area contributed by atoms with E-state index in [9.17, 15) is 4.79 Å². The van der Waals surface area contributed by atoms with Gasteiger partial charge in [0.25, 0.3) is 0 Å². The molecule has 1 aliphatic heterocycles. The monoisotopic (exact) mass is 268 g/mol. The summed E-state index contributed by atoms with van der Waals surface area (Å²) in [6.07, 6.45) is 1.70. The van der Waals surface area contributed by atoms with E-state index in [1.807, 2.05) is 18.2 Å². The Balaban J connectivity index is 1.82. The lowest BCUT2D eigenvalue weighted by atomic mass is 9.95. The summed E-state index contributed by atoms with van der Waals surface area (Å²) in [6.45, 7) is 1.44. The third-order valence-electron chi connectivity index (χ3n) is 4.25. The summed E-state index contributed by atoms with van der Waals surface area (Å²) < 4.78 is 10.9. The molecule has 20 heavy (non-hydrogen) atoms. The summed E-state index contributed by atoms with van der Waals surface area (Å²) in [7, 11) is 0. The van der Waals surface area contributed by atoms with E-state index in [4.69, 9.17) is 9.47 Å². The van der Waals surface area contributed by atoms with Crippen LogP contribution in [0.4, 0.5) is 0 Å². The van der Waals surface area contributed by atoms with Crippen molar-refractivity contribution in [3.63, 3.8) is 0 Å². The first-order chi connectivity index (χ1) is 9.84. The van der Waals surface area contributed by atoms with Crippen molar-refractivity contribution in [2.75, 3.05) is 19.8 Å². The Hall–Kier alpha value is -1.71. The highest BCUT2D eigenvalue weighted by atomic mass is 16.6. The van der Waals surface area contributed by atoms with E-state index in [2.05, 4.69) is 12.1 Å². The molecule has 3 heteroatoms. The fourth-order valence-corrected chi connectivity index (χ4v) is 3.27. The molecule has 0 aromatic heterocycles. The average Bonchev–Trinajstić information content (AvgIpc) is 2.93. The molecule has 1 saturated heterocycles. The Kier molecular flexibility index (Phi) is 2.83. The van der Waals surface area contributed by atoms with Gasteiger partial charge in [-0.2, -0.15) is 0 Å². The minimum atomic E-state index is -0.456. The Morgan fingerprint density at radius 2 is 1.90 bits per heavy atom. The molecule has 1 fully saturated rings. The van der Waals surface area contributed by atoms with Gasteiger partial charge in [-0.25, -0.2) is 0 Å². The second-order valence-electron chi connectivity index (χ2n) is 5.41. The van der Waals surface area contributed by atoms with Crippen LogP contribution in [0.15, 0.2) is 30.3 Å². The number of hydrogen-bond donors (Lipinski definition) is 0. The van der Waals surface area contributed by atoms with E-state index in [-0.39, 0.29) is 5.78 Å². The third kappa shape index (κ3) is 1.78. The average molecular weight is 268 g/mol. The normalized spacial score (nSPS) is 21.3. The number of Topliss-reactive ketones (excluding diaryl/α,β-unsaturated/α-hetero) is 1. The Morgan fingerprint density at radius 3 is 2.70 bits per heavy atom. The van der Waals surface area contributed by atoms with Crippen LogP contribution in [-0.4, -0.2) is 31.7 Å². The molecule has 0 saturated carbocycles. The van der Waals surface area contributed by atoms with E-state index < -0.39 is 6.10 Å². The fraction of sp³-hybridized carbons (Fsp3) is 0.353. The van der Waals surface area contributed by atoms with Crippen molar-refractivity contribution in [1.82, 2.24) is 0 Å². The standard InChI is InChI=1S/C17H16O3/c18-17(15-10-19-8-9-20-15)14-7-6-12-5-4-11-2-1-3-13(14)16(11)12/h1-3,6-7,15H,4-5,8-10H2. The molecule has 2 aliphatic rings. The number of rotatable bonds is 2. The molecular formula is C17H16O3. The number of carbonyl (C=O) groups is 1. The van der Waals surface area contributed by atoms with Crippen LogP contribution in [0, 0.1) is 0 Å². The summed E-state index contributed by atoms with van der Waals surface area (Å²) >= 11 is 0. The maximum Gasteiger partial charge on any atom is 0.194 e. The molecule has 0 bridgehead atoms. The molecule has 2 aromatic rings. The van der Waals surface area contributed by atoms with Gasteiger partial charge in [0.15, 0.2) is 5.78 Å². The zero-order valence-electron chi connectivity index (χ0n) is 11.2. The number of ketones is 1. The van der Waals surface area contributed by atoms with Crippen LogP contribution in [-0.2, 0) is 22.3 Å². The van der Waals surface area contributed by atoms with Crippen molar-refractivity contribution >= 4 is 16.6 Å². The summed E-state index contributed by atoms with van der Waals surface area (Å²) in [5.74, 6) is 0.0419. The molecule has 2 aromatic carbocycles. The lowest BCUT2D eigenvalue weighted by Gasteiger charge is -2.22. The second kappa shape index (κ2) is 4.69. The highest BCUT2D eigenvalue weighted by Gasteiger charge is 2.26. The summed E-state index contributed by atoms with van der Waals surface area (Å²) in [6, 6.07) is 10.3. The van der Waals surface area contributed by atoms with E-state index in [0.717, 1.165) is 23.8 Å². The number of ether oxygens (including phenoxy) is 2. The molecule has 0 N–H and O–H groups in total. The number of benzene rings is 2. The highest BCUT2D eigenvalue weighted by Crippen LogP contribution is 2.33. The predicted molar refractivity (Wildman–Crippen MR) is 76.2 cm³/mol. The van der Waals surface area contributed by atoms with Crippen molar-refractivity contribution in [3.05, 3.63) is 47.0 Å². The highest BCUT2D eigenvalue weighted by molar-refractivity contribution is 6.11. The zero-order chi connectivity index (χ0) is 13.5. The summed E-state index contributed by atoms with van der Waals surface area (Å²) in [5, 5.41) is 2.34. The zero-order valence-corrected chi connectivity index (χ0v) is 11.2. The first kappa shape index (κ1) is 12.1. The second-order valence-corrected chi connectivity index (χ2v) is 5.41. The molecule has 102 valence electrons. The van der Waals surface area contributed by atoms with Crippen LogP contribution in [0.5, 0.6) is 0 Å². The Labute approximate surface area is 117 Å². The van der Waals surface area contributed by atoms with Gasteiger partial charge in [-0.05, 0) is 34.7 Å². The largest absolute Gasteiger partial charge is 0.376 e. The van der Waals surface area contributed by atoms with E-state index in [1.54, 1.807) is 0 Å². The Bertz CT molecular complexity index is 674. The SMILES string of the molecule is O=C(c1ccc2c3c(cccc13)CC2)C1COCCO1. The van der Waals surface area contributed by atoms with Gasteiger partial charge in [0, 0.05) is 5.56 Å². The minimum Gasteiger partial charge on any atom is -0.376 e. The molecule has 4 rings (SSSR count). The van der Waals surface area contributed by atoms with Gasteiger partial charge >= 0.3 is 0 Å². The smallest absolute Gasteiger partial charge is 0.194 e. The molecule has 0 amide bonds. The van der Waals surface area contributed by atoms with Gasteiger partial charge in [0.1, 0.15) is 6.10 Å². The van der Waals surface area contributed by atoms with Gasteiger partial charge in [-0.3, -0.25) is 4.79 Å². The van der Waals surface area contributed by atoms with E-state index in [1.165, 1.54) is 16.5 Å². The van der Waals surface area contributed by atoms with Crippen LogP contribution in [0.1, 0.15) is 21.5 Å². The lowest BCUT2D eigenvalue weighted by molar-refractivity contribution is -0.0718. The van der Waals surface area contributed by atoms with Gasteiger partial charge in [0.2, 0.25) is 0 Å². The van der Waals surface area contributed by atoms with Gasteiger partial charge in [0.05, 0.1) is 19.8 Å². The van der Waals surface area contributed by atoms with Crippen molar-refractivity contribution in [2.45, 2.75) is 18.9 Å². The van der Waals surface area contributed by atoms with Crippen molar-refractivity contribution in [3.8, 4) is 0 Å². The molecule has 1 unspecified atom stereocenters. The predicted octanol–water partition coefficient (Wildman–Crippen LogP) is 2.54. The summed E-state index contributed by atoms with van der Waals surface area (Å²) in [4.78, 5) is 12.7.